The lowest BCUT2D eigenvalue weighted by atomic mass is 10.0. The molecule has 1 aliphatic heterocycles. The number of hydrogen-bond donors (Lipinski definition) is 2. The number of nitrogens with one attached hydrogen (secondary N) is 1. The van der Waals surface area contributed by atoms with E-state index in [0.717, 1.165) is 60.8 Å². The molecular formula is C21H26N2O2S. The maximum atomic E-state index is 12.6. The first-order valence-electron chi connectivity index (χ1n) is 9.16. The van der Waals surface area contributed by atoms with E-state index in [4.69, 9.17) is 5.11 Å². The van der Waals surface area contributed by atoms with Crippen molar-refractivity contribution in [2.24, 2.45) is 0 Å². The Labute approximate surface area is 159 Å². The molecule has 0 unspecified atom stereocenters. The number of benzene rings is 2. The average molecular weight is 371 g/mol. The van der Waals surface area contributed by atoms with Crippen LogP contribution in [-0.2, 0) is 5.75 Å². The fourth-order valence-corrected chi connectivity index (χ4v) is 3.79. The van der Waals surface area contributed by atoms with E-state index >= 15 is 0 Å². The van der Waals surface area contributed by atoms with Gasteiger partial charge in [0.1, 0.15) is 0 Å². The molecule has 2 aromatic carbocycles. The first kappa shape index (κ1) is 19.0. The largest absolute Gasteiger partial charge is 0.396 e. The highest BCUT2D eigenvalue weighted by Gasteiger charge is 2.16. The van der Waals surface area contributed by atoms with Gasteiger partial charge in [0.05, 0.1) is 6.61 Å². The summed E-state index contributed by atoms with van der Waals surface area (Å²) in [5, 5.41) is 12.2. The van der Waals surface area contributed by atoms with Crippen LogP contribution in [0, 0.1) is 0 Å². The van der Waals surface area contributed by atoms with Crippen LogP contribution < -0.4 is 5.32 Å². The maximum absolute atomic E-state index is 12.6. The van der Waals surface area contributed by atoms with Gasteiger partial charge in [-0.3, -0.25) is 4.79 Å². The summed E-state index contributed by atoms with van der Waals surface area (Å²) in [6, 6.07) is 16.4. The second kappa shape index (κ2) is 9.76. The van der Waals surface area contributed by atoms with Crippen LogP contribution in [-0.4, -0.2) is 54.5 Å². The van der Waals surface area contributed by atoms with Crippen LogP contribution in [0.1, 0.15) is 22.3 Å². The van der Waals surface area contributed by atoms with E-state index in [1.807, 2.05) is 29.2 Å². The normalized spacial score (nSPS) is 14.9. The summed E-state index contributed by atoms with van der Waals surface area (Å²) >= 11 is 1.73. The molecule has 5 heteroatoms. The Morgan fingerprint density at radius 2 is 1.69 bits per heavy atom. The summed E-state index contributed by atoms with van der Waals surface area (Å²) in [4.78, 5) is 14.6. The van der Waals surface area contributed by atoms with Gasteiger partial charge in [0.2, 0.25) is 0 Å². The predicted molar refractivity (Wildman–Crippen MR) is 109 cm³/mol. The van der Waals surface area contributed by atoms with Gasteiger partial charge in [-0.2, -0.15) is 11.8 Å². The van der Waals surface area contributed by atoms with E-state index in [9.17, 15) is 4.79 Å². The van der Waals surface area contributed by atoms with Gasteiger partial charge >= 0.3 is 0 Å². The Kier molecular flexibility index (Phi) is 7.12. The van der Waals surface area contributed by atoms with Crippen LogP contribution in [0.5, 0.6) is 0 Å². The summed E-state index contributed by atoms with van der Waals surface area (Å²) in [5.41, 5.74) is 4.29. The second-order valence-electron chi connectivity index (χ2n) is 6.45. The lowest BCUT2D eigenvalue weighted by Gasteiger charge is -2.20. The van der Waals surface area contributed by atoms with Crippen molar-refractivity contribution >= 4 is 17.7 Å². The third-order valence-electron chi connectivity index (χ3n) is 4.55. The Balaban J connectivity index is 1.64. The SMILES string of the molecule is O=C(c1ccc(-c2ccc(CSCCO)cc2)cc1)N1CCCNCC1. The Morgan fingerprint density at radius 1 is 1.00 bits per heavy atom. The molecule has 0 bridgehead atoms. The molecule has 138 valence electrons. The molecule has 1 saturated heterocycles. The molecule has 0 spiro atoms. The molecule has 0 aliphatic carbocycles. The van der Waals surface area contributed by atoms with Crippen LogP contribution in [0.25, 0.3) is 11.1 Å². The lowest BCUT2D eigenvalue weighted by Crippen LogP contribution is -2.34. The van der Waals surface area contributed by atoms with E-state index in [1.54, 1.807) is 11.8 Å². The van der Waals surface area contributed by atoms with Crippen LogP contribution in [0.15, 0.2) is 48.5 Å². The summed E-state index contributed by atoms with van der Waals surface area (Å²) in [6.07, 6.45) is 1.01. The van der Waals surface area contributed by atoms with Crippen LogP contribution >= 0.6 is 11.8 Å². The predicted octanol–water partition coefficient (Wildman–Crippen LogP) is 3.01. The fraction of sp³-hybridized carbons (Fsp3) is 0.381. The minimum atomic E-state index is 0.122. The topological polar surface area (TPSA) is 52.6 Å². The molecule has 1 amide bonds. The smallest absolute Gasteiger partial charge is 0.253 e. The molecule has 0 aromatic heterocycles. The summed E-state index contributed by atoms with van der Waals surface area (Å²) < 4.78 is 0. The molecule has 2 N–H and O–H groups in total. The van der Waals surface area contributed by atoms with Gasteiger partial charge in [-0.05, 0) is 41.8 Å². The summed E-state index contributed by atoms with van der Waals surface area (Å²) in [7, 11) is 0. The zero-order valence-corrected chi connectivity index (χ0v) is 15.8. The van der Waals surface area contributed by atoms with E-state index in [2.05, 4.69) is 29.6 Å². The first-order chi connectivity index (χ1) is 12.8. The molecule has 1 aliphatic rings. The van der Waals surface area contributed by atoms with Gasteiger partial charge in [-0.25, -0.2) is 0 Å². The summed E-state index contributed by atoms with van der Waals surface area (Å²) in [5.74, 6) is 1.81. The molecule has 26 heavy (non-hydrogen) atoms. The number of aliphatic hydroxyl groups excluding tert-OH is 1. The fourth-order valence-electron chi connectivity index (χ4n) is 3.08. The number of hydrogen-bond acceptors (Lipinski definition) is 4. The number of carbonyl (C=O) groups excluding carboxylic acids is 1. The molecule has 3 rings (SSSR count). The van der Waals surface area contributed by atoms with Gasteiger partial charge in [-0.1, -0.05) is 36.4 Å². The van der Waals surface area contributed by atoms with Gasteiger partial charge in [0.25, 0.3) is 5.91 Å². The molecule has 1 fully saturated rings. The third kappa shape index (κ3) is 5.10. The van der Waals surface area contributed by atoms with Crippen molar-refractivity contribution in [3.8, 4) is 11.1 Å². The molecule has 1 heterocycles. The highest BCUT2D eigenvalue weighted by atomic mass is 32.2. The number of rotatable bonds is 6. The van der Waals surface area contributed by atoms with Crippen LogP contribution in [0.4, 0.5) is 0 Å². The molecule has 0 saturated carbocycles. The quantitative estimate of drug-likeness (QED) is 0.768. The van der Waals surface area contributed by atoms with Crippen molar-refractivity contribution in [2.75, 3.05) is 38.5 Å². The average Bonchev–Trinajstić information content (AvgIpc) is 2.98. The molecule has 0 radical (unpaired) electrons. The Bertz CT molecular complexity index is 693. The Morgan fingerprint density at radius 3 is 2.38 bits per heavy atom. The summed E-state index contributed by atoms with van der Waals surface area (Å²) in [6.45, 7) is 3.67. The number of amides is 1. The number of thioether (sulfide) groups is 1. The molecule has 4 nitrogen and oxygen atoms in total. The van der Waals surface area contributed by atoms with E-state index in [1.165, 1.54) is 5.56 Å². The minimum absolute atomic E-state index is 0.122. The number of aliphatic hydroxyl groups is 1. The maximum Gasteiger partial charge on any atom is 0.253 e. The van der Waals surface area contributed by atoms with E-state index in [0.29, 0.717) is 0 Å². The zero-order chi connectivity index (χ0) is 18.2. The molecule has 2 aromatic rings. The second-order valence-corrected chi connectivity index (χ2v) is 7.55. The molecule has 0 atom stereocenters. The monoisotopic (exact) mass is 370 g/mol. The van der Waals surface area contributed by atoms with Crippen molar-refractivity contribution in [3.63, 3.8) is 0 Å². The van der Waals surface area contributed by atoms with E-state index < -0.39 is 0 Å². The van der Waals surface area contributed by atoms with Crippen molar-refractivity contribution < 1.29 is 9.90 Å². The lowest BCUT2D eigenvalue weighted by molar-refractivity contribution is 0.0766. The minimum Gasteiger partial charge on any atom is -0.396 e. The first-order valence-corrected chi connectivity index (χ1v) is 10.3. The van der Waals surface area contributed by atoms with Crippen LogP contribution in [0.2, 0.25) is 0 Å². The van der Waals surface area contributed by atoms with Crippen molar-refractivity contribution in [1.82, 2.24) is 10.2 Å². The van der Waals surface area contributed by atoms with E-state index in [-0.39, 0.29) is 12.5 Å². The highest BCUT2D eigenvalue weighted by molar-refractivity contribution is 7.98. The van der Waals surface area contributed by atoms with Gasteiger partial charge in [0, 0.05) is 36.7 Å². The van der Waals surface area contributed by atoms with Crippen molar-refractivity contribution in [1.29, 1.82) is 0 Å². The van der Waals surface area contributed by atoms with Crippen LogP contribution in [0.3, 0.4) is 0 Å². The standard InChI is InChI=1S/C21H26N2O2S/c24-14-15-26-16-17-2-4-18(5-3-17)19-6-8-20(9-7-19)21(25)23-12-1-10-22-11-13-23/h2-9,22,24H,1,10-16H2. The molecular weight excluding hydrogens is 344 g/mol. The zero-order valence-electron chi connectivity index (χ0n) is 15.0. The van der Waals surface area contributed by atoms with Gasteiger partial charge in [0.15, 0.2) is 0 Å². The number of carbonyl (C=O) groups is 1. The van der Waals surface area contributed by atoms with Crippen molar-refractivity contribution in [2.45, 2.75) is 12.2 Å². The van der Waals surface area contributed by atoms with Gasteiger partial charge < -0.3 is 15.3 Å². The highest BCUT2D eigenvalue weighted by Crippen LogP contribution is 2.22. The number of nitrogens with zero attached hydrogens (tertiary/aromatic N) is 1. The van der Waals surface area contributed by atoms with Gasteiger partial charge in [-0.15, -0.1) is 0 Å². The third-order valence-corrected chi connectivity index (χ3v) is 5.56. The Hall–Kier alpha value is -1.82. The van der Waals surface area contributed by atoms with Crippen molar-refractivity contribution in [3.05, 3.63) is 59.7 Å².